The maximum Gasteiger partial charge on any atom is 0.315 e. The molecular formula is C52H82O22. The van der Waals surface area contributed by atoms with Gasteiger partial charge in [0.1, 0.15) is 91.7 Å². The van der Waals surface area contributed by atoms with Crippen molar-refractivity contribution >= 4 is 12.3 Å². The molecule has 0 amide bonds. The number of hydrogen-bond acceptors (Lipinski definition) is 22. The van der Waals surface area contributed by atoms with Gasteiger partial charge >= 0.3 is 5.97 Å². The van der Waals surface area contributed by atoms with Crippen molar-refractivity contribution < 1.29 is 109 Å². The predicted octanol–water partition coefficient (Wildman–Crippen LogP) is -1.58. The Bertz CT molecular complexity index is 2060. The van der Waals surface area contributed by atoms with Gasteiger partial charge in [-0.2, -0.15) is 0 Å². The van der Waals surface area contributed by atoms with Gasteiger partial charge in [0, 0.05) is 0 Å². The van der Waals surface area contributed by atoms with E-state index in [9.17, 15) is 66.1 Å². The van der Waals surface area contributed by atoms with Crippen molar-refractivity contribution in [3.63, 3.8) is 0 Å². The van der Waals surface area contributed by atoms with Gasteiger partial charge in [-0.1, -0.05) is 53.2 Å². The first-order valence-corrected chi connectivity index (χ1v) is 26.7. The van der Waals surface area contributed by atoms with E-state index in [-0.39, 0.29) is 47.2 Å². The molecule has 4 heterocycles. The van der Waals surface area contributed by atoms with Gasteiger partial charge in [0.15, 0.2) is 18.9 Å². The van der Waals surface area contributed by atoms with Crippen molar-refractivity contribution in [2.75, 3.05) is 26.4 Å². The molecule has 4 saturated heterocycles. The zero-order valence-electron chi connectivity index (χ0n) is 43.2. The fourth-order valence-electron chi connectivity index (χ4n) is 15.7. The third kappa shape index (κ3) is 9.17. The Morgan fingerprint density at radius 3 is 1.93 bits per heavy atom. The maximum atomic E-state index is 15.0. The number of allylic oxidation sites excluding steroid dienone is 2. The number of aliphatic hydroxyl groups is 12. The van der Waals surface area contributed by atoms with Crippen LogP contribution in [0.15, 0.2) is 11.6 Å². The minimum Gasteiger partial charge on any atom is -0.432 e. The highest BCUT2D eigenvalue weighted by Gasteiger charge is 2.71. The second kappa shape index (κ2) is 20.7. The molecule has 4 saturated carbocycles. The first-order chi connectivity index (χ1) is 34.7. The molecule has 22 heteroatoms. The molecule has 0 aromatic carbocycles. The number of fused-ring (bicyclic) bond motifs is 7. The van der Waals surface area contributed by atoms with Gasteiger partial charge in [-0.05, 0) is 104 Å². The van der Waals surface area contributed by atoms with Crippen LogP contribution >= 0.6 is 0 Å². The van der Waals surface area contributed by atoms with Gasteiger partial charge in [0.25, 0.3) is 0 Å². The molecule has 74 heavy (non-hydrogen) atoms. The molecule has 9 rings (SSSR count). The van der Waals surface area contributed by atoms with Gasteiger partial charge in [0.05, 0.1) is 43.4 Å². The summed E-state index contributed by atoms with van der Waals surface area (Å²) in [6.07, 6.45) is -19.5. The molecule has 4 aliphatic heterocycles. The molecule has 22 nitrogen and oxygen atoms in total. The minimum absolute atomic E-state index is 0.102. The molecule has 0 bridgehead atoms. The van der Waals surface area contributed by atoms with Crippen LogP contribution in [0.25, 0.3) is 0 Å². The molecular weight excluding hydrogens is 977 g/mol. The van der Waals surface area contributed by atoms with Crippen LogP contribution in [0.3, 0.4) is 0 Å². The number of hydrogen-bond donors (Lipinski definition) is 12. The van der Waals surface area contributed by atoms with Crippen LogP contribution in [0.2, 0.25) is 0 Å². The van der Waals surface area contributed by atoms with Crippen molar-refractivity contribution in [1.29, 1.82) is 0 Å². The number of carbonyl (C=O) groups is 2. The quantitative estimate of drug-likeness (QED) is 0.0481. The van der Waals surface area contributed by atoms with E-state index in [0.29, 0.717) is 57.8 Å². The standard InChI is InChI=1S/C52H82O22/c1-47(2)13-15-52(46(66)74-44-40(65)37(62)35(60)28(71-44)21-69-42-39(64)36(61)34(59)27(18-53)70-42)16-14-50(5)23(24(52)17-47)7-8-30-48(3)11-10-31(49(4,22-54)29(48)9-12-51(30,50)6)72-45-41(33(58)26(56)20-68-45)73-43-38(63)32(57)25(55)19-67-43/h7,22,24-45,53,55-65H,8-21H2,1-6H3/t24-,25+,26-,27+,28+,29+,30+,31-,32-,33-,34+,35+,36-,37-,38+,39+,40+,41+,42+,43-,44-,45-,48-,49-,50+,51+,52-/m0/s1. The van der Waals surface area contributed by atoms with Gasteiger partial charge < -0.3 is 104 Å². The lowest BCUT2D eigenvalue weighted by Crippen LogP contribution is -2.67. The Labute approximate surface area is 430 Å². The largest absolute Gasteiger partial charge is 0.432 e. The van der Waals surface area contributed by atoms with Gasteiger partial charge in [-0.15, -0.1) is 0 Å². The number of rotatable bonds is 11. The lowest BCUT2D eigenvalue weighted by Gasteiger charge is -2.71. The van der Waals surface area contributed by atoms with E-state index in [4.69, 9.17) is 37.9 Å². The lowest BCUT2D eigenvalue weighted by atomic mass is 9.33. The van der Waals surface area contributed by atoms with Crippen molar-refractivity contribution in [3.05, 3.63) is 11.6 Å². The van der Waals surface area contributed by atoms with Crippen molar-refractivity contribution in [2.24, 2.45) is 50.2 Å². The van der Waals surface area contributed by atoms with E-state index >= 15 is 4.79 Å². The molecule has 9 aliphatic rings. The van der Waals surface area contributed by atoms with E-state index in [1.54, 1.807) is 0 Å². The van der Waals surface area contributed by atoms with Crippen LogP contribution in [0.1, 0.15) is 106 Å². The molecule has 0 unspecified atom stereocenters. The summed E-state index contributed by atoms with van der Waals surface area (Å²) >= 11 is 0. The molecule has 422 valence electrons. The maximum absolute atomic E-state index is 15.0. The number of ether oxygens (including phenoxy) is 8. The molecule has 0 radical (unpaired) electrons. The SMILES string of the molecule is CC1(C)CC[C@]2(C(=O)O[C@@H]3O[C@H](CO[C@@H]4O[C@H](CO)[C@@H](O)[C@H](O)[C@H]4O)[C@@H](O)[C@H](O)[C@H]3O)CC[C@]3(C)C(=CC[C@@H]4[C@@]5(C)CC[C@H](O[C@@H]6OC[C@H](O)[C@H](O)[C@H]6O[C@@H]6OC[C@@H](O)[C@H](O)[C@H]6O)[C@@](C)(C=O)[C@@H]5CC[C@]43C)[C@@H]2C1. The Morgan fingerprint density at radius 1 is 0.649 bits per heavy atom. The monoisotopic (exact) mass is 1060 g/mol. The molecule has 0 aromatic heterocycles. The highest BCUT2D eigenvalue weighted by molar-refractivity contribution is 5.79. The molecule has 27 atom stereocenters. The van der Waals surface area contributed by atoms with Crippen LogP contribution < -0.4 is 0 Å². The molecule has 12 N–H and O–H groups in total. The van der Waals surface area contributed by atoms with E-state index in [0.717, 1.165) is 12.7 Å². The average Bonchev–Trinajstić information content (AvgIpc) is 3.36. The van der Waals surface area contributed by atoms with Crippen LogP contribution in [-0.2, 0) is 47.5 Å². The minimum atomic E-state index is -1.84. The topological polar surface area (TPSA) is 351 Å². The Kier molecular flexibility index (Phi) is 15.9. The third-order valence-corrected chi connectivity index (χ3v) is 20.6. The highest BCUT2D eigenvalue weighted by Crippen LogP contribution is 2.76. The fraction of sp³-hybridized carbons (Fsp3) is 0.923. The van der Waals surface area contributed by atoms with Crippen LogP contribution in [0.5, 0.6) is 0 Å². The summed E-state index contributed by atoms with van der Waals surface area (Å²) in [6.45, 7) is 11.3. The van der Waals surface area contributed by atoms with Gasteiger partial charge in [0.2, 0.25) is 6.29 Å². The number of aldehydes is 1. The van der Waals surface area contributed by atoms with Crippen molar-refractivity contribution in [1.82, 2.24) is 0 Å². The zero-order valence-corrected chi connectivity index (χ0v) is 43.2. The summed E-state index contributed by atoms with van der Waals surface area (Å²) < 4.78 is 47.1. The van der Waals surface area contributed by atoms with Gasteiger partial charge in [-0.25, -0.2) is 0 Å². The van der Waals surface area contributed by atoms with Crippen LogP contribution in [0, 0.1) is 50.2 Å². The average molecular weight is 1060 g/mol. The summed E-state index contributed by atoms with van der Waals surface area (Å²) in [6, 6.07) is 0. The highest BCUT2D eigenvalue weighted by atomic mass is 16.8. The summed E-state index contributed by atoms with van der Waals surface area (Å²) in [5.74, 6) is -0.916. The Hall–Kier alpha value is -1.88. The first-order valence-electron chi connectivity index (χ1n) is 26.7. The number of esters is 1. The summed E-state index contributed by atoms with van der Waals surface area (Å²) in [5.41, 5.74) is -2.10. The summed E-state index contributed by atoms with van der Waals surface area (Å²) in [4.78, 5) is 28.7. The fourth-order valence-corrected chi connectivity index (χ4v) is 15.7. The second-order valence-electron chi connectivity index (χ2n) is 25.1. The Morgan fingerprint density at radius 2 is 1.26 bits per heavy atom. The zero-order chi connectivity index (χ0) is 53.8. The second-order valence-corrected chi connectivity index (χ2v) is 25.1. The smallest absolute Gasteiger partial charge is 0.315 e. The normalized spacial score (nSPS) is 54.3. The van der Waals surface area contributed by atoms with E-state index in [2.05, 4.69) is 40.7 Å². The summed E-state index contributed by atoms with van der Waals surface area (Å²) in [7, 11) is 0. The molecule has 8 fully saturated rings. The molecule has 5 aliphatic carbocycles. The van der Waals surface area contributed by atoms with Gasteiger partial charge in [-0.3, -0.25) is 4.79 Å². The van der Waals surface area contributed by atoms with E-state index < -0.39 is 152 Å². The van der Waals surface area contributed by atoms with Crippen LogP contribution in [-0.4, -0.2) is 217 Å². The lowest BCUT2D eigenvalue weighted by molar-refractivity contribution is -0.355. The van der Waals surface area contributed by atoms with Crippen molar-refractivity contribution in [3.8, 4) is 0 Å². The third-order valence-electron chi connectivity index (χ3n) is 20.6. The Balaban J connectivity index is 0.932. The predicted molar refractivity (Wildman–Crippen MR) is 251 cm³/mol. The number of aliphatic hydroxyl groups excluding tert-OH is 12. The van der Waals surface area contributed by atoms with Crippen molar-refractivity contribution in [2.45, 2.75) is 222 Å². The molecule has 0 spiro atoms. The number of carbonyl (C=O) groups excluding carboxylic acids is 2. The van der Waals surface area contributed by atoms with E-state index in [1.807, 2.05) is 6.92 Å². The first kappa shape index (κ1) is 56.8. The summed E-state index contributed by atoms with van der Waals surface area (Å²) in [5, 5.41) is 127. The van der Waals surface area contributed by atoms with E-state index in [1.165, 1.54) is 5.57 Å². The van der Waals surface area contributed by atoms with Crippen LogP contribution in [0.4, 0.5) is 0 Å². The molecule has 0 aromatic rings.